The number of oxazole rings is 1. The Morgan fingerprint density at radius 2 is 2.00 bits per heavy atom. The Bertz CT molecular complexity index is 672. The first kappa shape index (κ1) is 22.4. The van der Waals surface area contributed by atoms with Crippen molar-refractivity contribution in [3.05, 3.63) is 42.0 Å². The summed E-state index contributed by atoms with van der Waals surface area (Å²) in [5.41, 5.74) is 1.61. The van der Waals surface area contributed by atoms with E-state index in [1.165, 1.54) is 12.1 Å². The topological polar surface area (TPSA) is 53.7 Å². The molecule has 1 aromatic heterocycles. The Labute approximate surface area is 172 Å². The van der Waals surface area contributed by atoms with Crippen LogP contribution >= 0.6 is 24.0 Å². The van der Waals surface area contributed by atoms with Gasteiger partial charge in [-0.05, 0) is 37.6 Å². The first-order valence-corrected chi connectivity index (χ1v) is 8.83. The molecule has 1 N–H and O–H groups in total. The van der Waals surface area contributed by atoms with E-state index in [1.54, 1.807) is 18.4 Å². The molecule has 2 rings (SSSR count). The van der Waals surface area contributed by atoms with Crippen LogP contribution in [0.25, 0.3) is 11.5 Å². The van der Waals surface area contributed by atoms with Crippen molar-refractivity contribution in [3.63, 3.8) is 0 Å². The molecule has 0 radical (unpaired) electrons. The molecule has 2 aromatic rings. The van der Waals surface area contributed by atoms with Gasteiger partial charge in [-0.2, -0.15) is 0 Å². The summed E-state index contributed by atoms with van der Waals surface area (Å²) >= 11 is 0. The van der Waals surface area contributed by atoms with Crippen molar-refractivity contribution in [2.75, 3.05) is 26.7 Å². The van der Waals surface area contributed by atoms with Gasteiger partial charge in [-0.3, -0.25) is 4.99 Å². The normalized spacial score (nSPS) is 11.2. The zero-order valence-electron chi connectivity index (χ0n) is 15.7. The average molecular weight is 474 g/mol. The molecule has 0 aliphatic heterocycles. The molecule has 144 valence electrons. The molecule has 1 heterocycles. The van der Waals surface area contributed by atoms with Crippen LogP contribution in [0.2, 0.25) is 0 Å². The Morgan fingerprint density at radius 3 is 2.65 bits per heavy atom. The average Bonchev–Trinajstić information content (AvgIpc) is 3.08. The lowest BCUT2D eigenvalue weighted by Crippen LogP contribution is -2.39. The van der Waals surface area contributed by atoms with Crippen LogP contribution < -0.4 is 5.32 Å². The lowest BCUT2D eigenvalue weighted by atomic mass is 10.2. The number of benzene rings is 1. The summed E-state index contributed by atoms with van der Waals surface area (Å²) in [6, 6.07) is 6.13. The van der Waals surface area contributed by atoms with Gasteiger partial charge >= 0.3 is 0 Å². The highest BCUT2D eigenvalue weighted by Crippen LogP contribution is 2.19. The molecule has 0 aliphatic carbocycles. The molecule has 26 heavy (non-hydrogen) atoms. The van der Waals surface area contributed by atoms with Gasteiger partial charge in [0.15, 0.2) is 5.96 Å². The highest BCUT2D eigenvalue weighted by molar-refractivity contribution is 14.0. The minimum Gasteiger partial charge on any atom is -0.444 e. The zero-order valence-corrected chi connectivity index (χ0v) is 18.0. The number of aromatic nitrogens is 1. The van der Waals surface area contributed by atoms with Gasteiger partial charge in [0.1, 0.15) is 12.1 Å². The second-order valence-electron chi connectivity index (χ2n) is 5.91. The van der Waals surface area contributed by atoms with E-state index in [9.17, 15) is 4.39 Å². The minimum atomic E-state index is -0.270. The number of unbranched alkanes of at least 4 members (excludes halogenated alkanes) is 1. The Hall–Kier alpha value is -1.64. The summed E-state index contributed by atoms with van der Waals surface area (Å²) < 4.78 is 18.5. The number of hydrogen-bond donors (Lipinski definition) is 1. The van der Waals surface area contributed by atoms with Gasteiger partial charge in [0.05, 0.1) is 5.69 Å². The number of guanidine groups is 1. The van der Waals surface area contributed by atoms with Crippen LogP contribution in [-0.4, -0.2) is 42.5 Å². The first-order valence-electron chi connectivity index (χ1n) is 8.83. The van der Waals surface area contributed by atoms with Crippen molar-refractivity contribution in [3.8, 4) is 11.5 Å². The molecule has 0 spiro atoms. The molecule has 5 nitrogen and oxygen atoms in total. The lowest BCUT2D eigenvalue weighted by Gasteiger charge is -2.21. The second-order valence-corrected chi connectivity index (χ2v) is 5.91. The molecule has 0 saturated heterocycles. The summed E-state index contributed by atoms with van der Waals surface area (Å²) in [5, 5.41) is 3.31. The smallest absolute Gasteiger partial charge is 0.226 e. The largest absolute Gasteiger partial charge is 0.444 e. The van der Waals surface area contributed by atoms with Gasteiger partial charge in [0.25, 0.3) is 0 Å². The van der Waals surface area contributed by atoms with Gasteiger partial charge in [-0.25, -0.2) is 9.37 Å². The van der Waals surface area contributed by atoms with Gasteiger partial charge < -0.3 is 14.6 Å². The number of nitrogens with zero attached hydrogens (tertiary/aromatic N) is 3. The molecular formula is C19H28FIN4O. The quantitative estimate of drug-likeness (QED) is 0.352. The number of halogens is 2. The van der Waals surface area contributed by atoms with Crippen LogP contribution in [0.5, 0.6) is 0 Å². The standard InChI is InChI=1S/C19H27FN4O.HI/c1-4-6-13-24(3)19(21-5-2)22-12-11-17-14-25-18(23-17)15-7-9-16(20)10-8-15;/h7-10,14H,4-6,11-13H2,1-3H3,(H,21,22);1H. The van der Waals surface area contributed by atoms with Crippen LogP contribution in [0.3, 0.4) is 0 Å². The second kappa shape index (κ2) is 11.9. The predicted octanol–water partition coefficient (Wildman–Crippen LogP) is 4.34. The van der Waals surface area contributed by atoms with E-state index in [0.29, 0.717) is 18.9 Å². The van der Waals surface area contributed by atoms with Crippen molar-refractivity contribution >= 4 is 29.9 Å². The third-order valence-electron chi connectivity index (χ3n) is 3.82. The molecule has 0 saturated carbocycles. The molecule has 7 heteroatoms. The molecule has 0 atom stereocenters. The fourth-order valence-electron chi connectivity index (χ4n) is 2.39. The molecular weight excluding hydrogens is 446 g/mol. The Morgan fingerprint density at radius 1 is 1.27 bits per heavy atom. The third kappa shape index (κ3) is 6.93. The van der Waals surface area contributed by atoms with Crippen LogP contribution in [0.4, 0.5) is 4.39 Å². The summed E-state index contributed by atoms with van der Waals surface area (Å²) in [5.74, 6) is 1.15. The first-order chi connectivity index (χ1) is 12.1. The molecule has 1 aromatic carbocycles. The SMILES string of the molecule is CCCCN(C)C(=NCCc1coc(-c2ccc(F)cc2)n1)NCC.I. The monoisotopic (exact) mass is 474 g/mol. The van der Waals surface area contributed by atoms with E-state index in [-0.39, 0.29) is 29.8 Å². The number of aliphatic imine (C=N–C) groups is 1. The fourth-order valence-corrected chi connectivity index (χ4v) is 2.39. The maximum absolute atomic E-state index is 13.0. The van der Waals surface area contributed by atoms with Crippen molar-refractivity contribution in [2.24, 2.45) is 4.99 Å². The highest BCUT2D eigenvalue weighted by Gasteiger charge is 2.08. The van der Waals surface area contributed by atoms with Crippen molar-refractivity contribution in [2.45, 2.75) is 33.1 Å². The number of hydrogen-bond acceptors (Lipinski definition) is 3. The number of rotatable bonds is 8. The van der Waals surface area contributed by atoms with E-state index in [4.69, 9.17) is 4.42 Å². The summed E-state index contributed by atoms with van der Waals surface area (Å²) in [4.78, 5) is 11.3. The Balaban J connectivity index is 0.00000338. The van der Waals surface area contributed by atoms with Crippen LogP contribution in [0.15, 0.2) is 39.9 Å². The zero-order chi connectivity index (χ0) is 18.1. The number of nitrogens with one attached hydrogen (secondary N) is 1. The van der Waals surface area contributed by atoms with Crippen LogP contribution in [-0.2, 0) is 6.42 Å². The predicted molar refractivity (Wildman–Crippen MR) is 115 cm³/mol. The summed E-state index contributed by atoms with van der Waals surface area (Å²) in [7, 11) is 2.06. The summed E-state index contributed by atoms with van der Waals surface area (Å²) in [6.45, 7) is 6.71. The Kier molecular flexibility index (Phi) is 10.2. The van der Waals surface area contributed by atoms with E-state index in [2.05, 4.69) is 41.1 Å². The lowest BCUT2D eigenvalue weighted by molar-refractivity contribution is 0.465. The van der Waals surface area contributed by atoms with Crippen LogP contribution in [0.1, 0.15) is 32.4 Å². The molecule has 0 aliphatic rings. The maximum Gasteiger partial charge on any atom is 0.226 e. The molecule has 0 amide bonds. The molecule has 0 fully saturated rings. The van der Waals surface area contributed by atoms with E-state index in [1.807, 2.05) is 0 Å². The van der Waals surface area contributed by atoms with Gasteiger partial charge in [-0.1, -0.05) is 13.3 Å². The minimum absolute atomic E-state index is 0. The van der Waals surface area contributed by atoms with Gasteiger partial charge in [0.2, 0.25) is 5.89 Å². The maximum atomic E-state index is 13.0. The van der Waals surface area contributed by atoms with E-state index >= 15 is 0 Å². The third-order valence-corrected chi connectivity index (χ3v) is 3.82. The highest BCUT2D eigenvalue weighted by atomic mass is 127. The molecule has 0 bridgehead atoms. The van der Waals surface area contributed by atoms with E-state index < -0.39 is 0 Å². The van der Waals surface area contributed by atoms with Crippen molar-refractivity contribution < 1.29 is 8.81 Å². The van der Waals surface area contributed by atoms with Crippen molar-refractivity contribution in [1.29, 1.82) is 0 Å². The van der Waals surface area contributed by atoms with Crippen LogP contribution in [0, 0.1) is 5.82 Å². The fraction of sp³-hybridized carbons (Fsp3) is 0.474. The molecule has 0 unspecified atom stereocenters. The summed E-state index contributed by atoms with van der Waals surface area (Å²) in [6.07, 6.45) is 4.64. The van der Waals surface area contributed by atoms with E-state index in [0.717, 1.165) is 43.1 Å². The van der Waals surface area contributed by atoms with Gasteiger partial charge in [-0.15, -0.1) is 24.0 Å². The van der Waals surface area contributed by atoms with Crippen molar-refractivity contribution in [1.82, 2.24) is 15.2 Å². The van der Waals surface area contributed by atoms with Gasteiger partial charge in [0, 0.05) is 38.7 Å².